The molecule has 2 aromatic rings. The summed E-state index contributed by atoms with van der Waals surface area (Å²) in [5, 5.41) is 3.17. The van der Waals surface area contributed by atoms with Crippen molar-refractivity contribution in [2.24, 2.45) is 5.92 Å². The predicted molar refractivity (Wildman–Crippen MR) is 106 cm³/mol. The van der Waals surface area contributed by atoms with Gasteiger partial charge < -0.3 is 10.2 Å². The number of nitrogens with zero attached hydrogens (tertiary/aromatic N) is 3. The molecule has 1 aliphatic rings. The molecule has 1 fully saturated rings. The van der Waals surface area contributed by atoms with Crippen molar-refractivity contribution >= 4 is 38.6 Å². The fraction of sp³-hybridized carbons (Fsp3) is 0.474. The zero-order chi connectivity index (χ0) is 19.4. The van der Waals surface area contributed by atoms with Gasteiger partial charge in [0.1, 0.15) is 6.54 Å². The second kappa shape index (κ2) is 8.65. The monoisotopic (exact) mass is 434 g/mol. The molecule has 2 amide bonds. The van der Waals surface area contributed by atoms with Crippen LogP contribution in [0, 0.1) is 5.92 Å². The average molecular weight is 435 g/mol. The van der Waals surface area contributed by atoms with Crippen LogP contribution in [-0.4, -0.2) is 45.9 Å². The molecule has 0 spiro atoms. The highest BCUT2D eigenvalue weighted by Gasteiger charge is 2.20. The highest BCUT2D eigenvalue weighted by atomic mass is 79.9. The number of carbonyl (C=O) groups is 2. The van der Waals surface area contributed by atoms with Crippen molar-refractivity contribution in [2.75, 3.05) is 19.6 Å². The number of aromatic nitrogens is 2. The Morgan fingerprint density at radius 3 is 2.96 bits per heavy atom. The van der Waals surface area contributed by atoms with E-state index < -0.39 is 0 Å². The third-order valence-electron chi connectivity index (χ3n) is 4.77. The van der Waals surface area contributed by atoms with E-state index in [2.05, 4.69) is 33.2 Å². The first-order chi connectivity index (χ1) is 12.9. The van der Waals surface area contributed by atoms with Gasteiger partial charge in [0.05, 0.1) is 17.2 Å². The molecule has 144 valence electrons. The Bertz CT molecular complexity index is 911. The predicted octanol–water partition coefficient (Wildman–Crippen LogP) is 1.92. The summed E-state index contributed by atoms with van der Waals surface area (Å²) in [7, 11) is 0. The molecule has 1 unspecified atom stereocenters. The van der Waals surface area contributed by atoms with Crippen LogP contribution in [0.4, 0.5) is 0 Å². The first-order valence-corrected chi connectivity index (χ1v) is 9.92. The van der Waals surface area contributed by atoms with Crippen molar-refractivity contribution < 1.29 is 9.59 Å². The summed E-state index contributed by atoms with van der Waals surface area (Å²) in [5.74, 6) is 0.286. The molecule has 0 radical (unpaired) electrons. The molecule has 1 N–H and O–H groups in total. The highest BCUT2D eigenvalue weighted by Crippen LogP contribution is 2.16. The van der Waals surface area contributed by atoms with Gasteiger partial charge in [-0.15, -0.1) is 0 Å². The van der Waals surface area contributed by atoms with Crippen LogP contribution in [0.15, 0.2) is 33.8 Å². The van der Waals surface area contributed by atoms with Gasteiger partial charge in [0.25, 0.3) is 5.56 Å². The summed E-state index contributed by atoms with van der Waals surface area (Å²) < 4.78 is 2.06. The third-order valence-corrected chi connectivity index (χ3v) is 5.26. The summed E-state index contributed by atoms with van der Waals surface area (Å²) in [6.07, 6.45) is 3.84. The molecular formula is C19H23BrN4O3. The number of benzene rings is 1. The minimum Gasteiger partial charge on any atom is -0.354 e. The normalized spacial score (nSPS) is 17.1. The van der Waals surface area contributed by atoms with Crippen LogP contribution < -0.4 is 10.9 Å². The first-order valence-electron chi connectivity index (χ1n) is 9.13. The molecule has 1 atom stereocenters. The second-order valence-electron chi connectivity index (χ2n) is 7.03. The lowest BCUT2D eigenvalue weighted by atomic mass is 10.00. The van der Waals surface area contributed by atoms with E-state index in [-0.39, 0.29) is 36.9 Å². The number of amides is 2. The number of nitrogens with one attached hydrogen (secondary N) is 1. The Balaban J connectivity index is 1.54. The Kier molecular flexibility index (Phi) is 6.26. The van der Waals surface area contributed by atoms with E-state index in [0.29, 0.717) is 16.8 Å². The van der Waals surface area contributed by atoms with E-state index >= 15 is 0 Å². The Labute approximate surface area is 165 Å². The smallest absolute Gasteiger partial charge is 0.261 e. The molecule has 1 aromatic heterocycles. The summed E-state index contributed by atoms with van der Waals surface area (Å²) in [5.41, 5.74) is 0.316. The number of hydrogen-bond acceptors (Lipinski definition) is 4. The lowest BCUT2D eigenvalue weighted by Gasteiger charge is -2.31. The van der Waals surface area contributed by atoms with E-state index in [1.807, 2.05) is 11.0 Å². The van der Waals surface area contributed by atoms with Gasteiger partial charge in [-0.1, -0.05) is 22.9 Å². The zero-order valence-electron chi connectivity index (χ0n) is 15.3. The van der Waals surface area contributed by atoms with Crippen LogP contribution in [0.3, 0.4) is 0 Å². The Morgan fingerprint density at radius 2 is 2.19 bits per heavy atom. The number of halogens is 1. The molecule has 7 nitrogen and oxygen atoms in total. The molecule has 0 bridgehead atoms. The van der Waals surface area contributed by atoms with Crippen molar-refractivity contribution in [1.82, 2.24) is 19.8 Å². The molecule has 27 heavy (non-hydrogen) atoms. The molecule has 8 heteroatoms. The second-order valence-corrected chi connectivity index (χ2v) is 7.94. The number of piperidine rings is 1. The van der Waals surface area contributed by atoms with Crippen LogP contribution in [0.2, 0.25) is 0 Å². The maximum Gasteiger partial charge on any atom is 0.261 e. The van der Waals surface area contributed by atoms with E-state index in [1.165, 1.54) is 10.9 Å². The van der Waals surface area contributed by atoms with Crippen molar-refractivity contribution in [3.63, 3.8) is 0 Å². The number of likely N-dealkylation sites (tertiary alicyclic amines) is 1. The van der Waals surface area contributed by atoms with Crippen molar-refractivity contribution in [2.45, 2.75) is 32.7 Å². The maximum atomic E-state index is 12.5. The molecule has 1 aliphatic heterocycles. The molecule has 3 rings (SSSR count). The fourth-order valence-corrected chi connectivity index (χ4v) is 3.70. The van der Waals surface area contributed by atoms with Crippen LogP contribution in [-0.2, 0) is 16.1 Å². The van der Waals surface area contributed by atoms with Crippen LogP contribution in [0.25, 0.3) is 10.9 Å². The topological polar surface area (TPSA) is 84.3 Å². The van der Waals surface area contributed by atoms with Gasteiger partial charge in [0, 0.05) is 30.5 Å². The summed E-state index contributed by atoms with van der Waals surface area (Å²) >= 11 is 3.34. The minimum atomic E-state index is -0.312. The first kappa shape index (κ1) is 19.5. The largest absolute Gasteiger partial charge is 0.354 e. The standard InChI is InChI=1S/C19H23BrN4O3/c1-13-3-2-8-23(10-13)18(26)6-7-21-17(25)11-24-12-22-16-5-4-14(20)9-15(16)19(24)27/h4-5,9,12-13H,2-3,6-8,10-11H2,1H3,(H,21,25). The quantitative estimate of drug-likeness (QED) is 0.778. The molecule has 0 saturated carbocycles. The Hall–Kier alpha value is -2.22. The lowest BCUT2D eigenvalue weighted by molar-refractivity contribution is -0.132. The summed E-state index contributed by atoms with van der Waals surface area (Å²) in [4.78, 5) is 42.9. The summed E-state index contributed by atoms with van der Waals surface area (Å²) in [6, 6.07) is 5.25. The Morgan fingerprint density at radius 1 is 1.37 bits per heavy atom. The van der Waals surface area contributed by atoms with E-state index in [9.17, 15) is 14.4 Å². The van der Waals surface area contributed by atoms with Crippen LogP contribution in [0.5, 0.6) is 0 Å². The van der Waals surface area contributed by atoms with Gasteiger partial charge in [-0.25, -0.2) is 4.98 Å². The average Bonchev–Trinajstić information content (AvgIpc) is 2.64. The molecule has 0 aliphatic carbocycles. The van der Waals surface area contributed by atoms with E-state index in [0.717, 1.165) is 30.4 Å². The van der Waals surface area contributed by atoms with Gasteiger partial charge in [-0.2, -0.15) is 0 Å². The van der Waals surface area contributed by atoms with E-state index in [1.54, 1.807) is 12.1 Å². The van der Waals surface area contributed by atoms with Gasteiger partial charge in [0.15, 0.2) is 0 Å². The zero-order valence-corrected chi connectivity index (χ0v) is 16.9. The van der Waals surface area contributed by atoms with E-state index in [4.69, 9.17) is 0 Å². The third kappa shape index (κ3) is 4.94. The van der Waals surface area contributed by atoms with Crippen LogP contribution in [0.1, 0.15) is 26.2 Å². The molecule has 1 saturated heterocycles. The molecule has 2 heterocycles. The van der Waals surface area contributed by atoms with Crippen molar-refractivity contribution in [3.05, 3.63) is 39.4 Å². The summed E-state index contributed by atoms with van der Waals surface area (Å²) in [6.45, 7) is 3.88. The molecular weight excluding hydrogens is 412 g/mol. The maximum absolute atomic E-state index is 12.5. The number of fused-ring (bicyclic) bond motifs is 1. The number of rotatable bonds is 5. The lowest BCUT2D eigenvalue weighted by Crippen LogP contribution is -2.41. The fourth-order valence-electron chi connectivity index (χ4n) is 3.34. The number of hydrogen-bond donors (Lipinski definition) is 1. The SMILES string of the molecule is CC1CCCN(C(=O)CCNC(=O)Cn2cnc3ccc(Br)cc3c2=O)C1. The number of carbonyl (C=O) groups excluding carboxylic acids is 2. The van der Waals surface area contributed by atoms with Crippen LogP contribution >= 0.6 is 15.9 Å². The van der Waals surface area contributed by atoms with Gasteiger partial charge in [-0.3, -0.25) is 19.0 Å². The van der Waals surface area contributed by atoms with Gasteiger partial charge >= 0.3 is 0 Å². The van der Waals surface area contributed by atoms with Gasteiger partial charge in [0.2, 0.25) is 11.8 Å². The highest BCUT2D eigenvalue weighted by molar-refractivity contribution is 9.10. The van der Waals surface area contributed by atoms with Gasteiger partial charge in [-0.05, 0) is 37.0 Å². The van der Waals surface area contributed by atoms with Crippen molar-refractivity contribution in [3.8, 4) is 0 Å². The minimum absolute atomic E-state index is 0.0660. The van der Waals surface area contributed by atoms with Crippen molar-refractivity contribution in [1.29, 1.82) is 0 Å². The molecule has 1 aromatic carbocycles.